The normalized spacial score (nSPS) is 26.7. The molecular formula is C13H27NO2S. The van der Waals surface area contributed by atoms with Gasteiger partial charge >= 0.3 is 0 Å². The zero-order chi connectivity index (χ0) is 13.5. The molecule has 1 aliphatic carbocycles. The zero-order valence-electron chi connectivity index (χ0n) is 11.8. The molecule has 1 aliphatic rings. The molecule has 1 saturated carbocycles. The Morgan fingerprint density at radius 3 is 1.76 bits per heavy atom. The molecular weight excluding hydrogens is 234 g/mol. The van der Waals surface area contributed by atoms with Gasteiger partial charge in [0.25, 0.3) is 0 Å². The monoisotopic (exact) mass is 261 g/mol. The number of sulfone groups is 1. The minimum Gasteiger partial charge on any atom is -0.325 e. The molecule has 0 radical (unpaired) electrons. The molecule has 0 aromatic carbocycles. The lowest BCUT2D eigenvalue weighted by molar-refractivity contribution is 0.0471. The van der Waals surface area contributed by atoms with Gasteiger partial charge in [-0.1, -0.05) is 27.7 Å². The van der Waals surface area contributed by atoms with E-state index in [1.807, 2.05) is 0 Å². The van der Waals surface area contributed by atoms with Crippen LogP contribution in [-0.4, -0.2) is 26.0 Å². The summed E-state index contributed by atoms with van der Waals surface area (Å²) in [5.41, 5.74) is 6.53. The molecule has 1 fully saturated rings. The summed E-state index contributed by atoms with van der Waals surface area (Å²) in [4.78, 5) is 0. The third-order valence-electron chi connectivity index (χ3n) is 3.59. The molecule has 2 N–H and O–H groups in total. The second-order valence-electron chi connectivity index (χ2n) is 7.60. The van der Waals surface area contributed by atoms with Crippen LogP contribution >= 0.6 is 0 Å². The van der Waals surface area contributed by atoms with Crippen LogP contribution in [0.4, 0.5) is 0 Å². The van der Waals surface area contributed by atoms with E-state index in [-0.39, 0.29) is 22.1 Å². The molecule has 0 aliphatic heterocycles. The summed E-state index contributed by atoms with van der Waals surface area (Å²) in [6.45, 7) is 8.93. The van der Waals surface area contributed by atoms with Crippen molar-refractivity contribution in [1.29, 1.82) is 0 Å². The second kappa shape index (κ2) is 4.23. The standard InChI is InChI=1S/C13H27NO2S/c1-11(2)8-12(3,4)10-13(14,9-11)6-7-17(5,15)16/h6-10,14H2,1-5H3. The Bertz CT molecular complexity index is 366. The Balaban J connectivity index is 2.81. The minimum atomic E-state index is -2.92. The van der Waals surface area contributed by atoms with Gasteiger partial charge in [-0.05, 0) is 36.5 Å². The third-order valence-corrected chi connectivity index (χ3v) is 4.53. The van der Waals surface area contributed by atoms with E-state index in [1.165, 1.54) is 6.26 Å². The molecule has 0 amide bonds. The van der Waals surface area contributed by atoms with E-state index in [0.29, 0.717) is 6.42 Å². The highest BCUT2D eigenvalue weighted by Gasteiger charge is 2.45. The lowest BCUT2D eigenvalue weighted by Crippen LogP contribution is -2.52. The van der Waals surface area contributed by atoms with E-state index in [0.717, 1.165) is 19.3 Å². The van der Waals surface area contributed by atoms with Crippen LogP contribution < -0.4 is 5.73 Å². The van der Waals surface area contributed by atoms with Gasteiger partial charge in [0.15, 0.2) is 0 Å². The van der Waals surface area contributed by atoms with E-state index in [2.05, 4.69) is 27.7 Å². The quantitative estimate of drug-likeness (QED) is 0.848. The summed E-state index contributed by atoms with van der Waals surface area (Å²) in [6, 6.07) is 0. The Hall–Kier alpha value is -0.0900. The van der Waals surface area contributed by atoms with Crippen molar-refractivity contribution < 1.29 is 8.42 Å². The summed E-state index contributed by atoms with van der Waals surface area (Å²) in [7, 11) is -2.92. The molecule has 1 rings (SSSR count). The van der Waals surface area contributed by atoms with Gasteiger partial charge in [-0.15, -0.1) is 0 Å². The molecule has 0 bridgehead atoms. The van der Waals surface area contributed by atoms with Crippen molar-refractivity contribution >= 4 is 9.84 Å². The summed E-state index contributed by atoms with van der Waals surface area (Å²) >= 11 is 0. The third kappa shape index (κ3) is 4.96. The first-order valence-corrected chi connectivity index (χ1v) is 8.35. The fraction of sp³-hybridized carbons (Fsp3) is 1.00. The van der Waals surface area contributed by atoms with Gasteiger partial charge in [-0.25, -0.2) is 8.42 Å². The average molecular weight is 261 g/mol. The minimum absolute atomic E-state index is 0.202. The van der Waals surface area contributed by atoms with Crippen LogP contribution in [0.3, 0.4) is 0 Å². The Kier molecular flexibility index (Phi) is 3.73. The first kappa shape index (κ1) is 15.0. The molecule has 0 unspecified atom stereocenters. The first-order chi connectivity index (χ1) is 7.33. The van der Waals surface area contributed by atoms with Gasteiger partial charge in [0.2, 0.25) is 0 Å². The highest BCUT2D eigenvalue weighted by atomic mass is 32.2. The summed E-state index contributed by atoms with van der Waals surface area (Å²) < 4.78 is 22.6. The first-order valence-electron chi connectivity index (χ1n) is 6.29. The number of hydrogen-bond donors (Lipinski definition) is 1. The van der Waals surface area contributed by atoms with Crippen molar-refractivity contribution in [3.05, 3.63) is 0 Å². The van der Waals surface area contributed by atoms with Gasteiger partial charge in [0.1, 0.15) is 9.84 Å². The maximum Gasteiger partial charge on any atom is 0.147 e. The number of hydrogen-bond acceptors (Lipinski definition) is 3. The van der Waals surface area contributed by atoms with Crippen LogP contribution in [0.1, 0.15) is 53.4 Å². The maximum atomic E-state index is 11.3. The largest absolute Gasteiger partial charge is 0.325 e. The molecule has 0 heterocycles. The van der Waals surface area contributed by atoms with Crippen molar-refractivity contribution in [3.8, 4) is 0 Å². The summed E-state index contributed by atoms with van der Waals surface area (Å²) in [6.07, 6.45) is 4.85. The zero-order valence-corrected chi connectivity index (χ0v) is 12.7. The number of nitrogens with two attached hydrogens (primary N) is 1. The molecule has 102 valence electrons. The highest BCUT2D eigenvalue weighted by molar-refractivity contribution is 7.90. The molecule has 17 heavy (non-hydrogen) atoms. The van der Waals surface area contributed by atoms with Gasteiger partial charge in [0.05, 0.1) is 5.75 Å². The molecule has 0 aromatic heterocycles. The molecule has 3 nitrogen and oxygen atoms in total. The fourth-order valence-corrected chi connectivity index (χ4v) is 4.73. The average Bonchev–Trinajstić information content (AvgIpc) is 1.92. The van der Waals surface area contributed by atoms with Crippen LogP contribution in [0.5, 0.6) is 0 Å². The van der Waals surface area contributed by atoms with Gasteiger partial charge in [0, 0.05) is 11.8 Å². The Morgan fingerprint density at radius 2 is 1.41 bits per heavy atom. The lowest BCUT2D eigenvalue weighted by Gasteiger charge is -2.50. The predicted octanol–water partition coefficient (Wildman–Crippen LogP) is 2.35. The van der Waals surface area contributed by atoms with Crippen LogP contribution in [0.2, 0.25) is 0 Å². The van der Waals surface area contributed by atoms with Crippen LogP contribution in [0, 0.1) is 10.8 Å². The van der Waals surface area contributed by atoms with Gasteiger partial charge in [-0.3, -0.25) is 0 Å². The van der Waals surface area contributed by atoms with Crippen molar-refractivity contribution in [2.45, 2.75) is 58.9 Å². The van der Waals surface area contributed by atoms with E-state index in [9.17, 15) is 8.42 Å². The topological polar surface area (TPSA) is 60.2 Å². The van der Waals surface area contributed by atoms with Crippen LogP contribution in [-0.2, 0) is 9.84 Å². The fourth-order valence-electron chi connectivity index (χ4n) is 3.95. The molecule has 0 saturated heterocycles. The van der Waals surface area contributed by atoms with Crippen molar-refractivity contribution in [2.24, 2.45) is 16.6 Å². The maximum absolute atomic E-state index is 11.3. The molecule has 4 heteroatoms. The molecule has 0 aromatic rings. The summed E-state index contributed by atoms with van der Waals surface area (Å²) in [5, 5.41) is 0. The van der Waals surface area contributed by atoms with Crippen LogP contribution in [0.25, 0.3) is 0 Å². The van der Waals surface area contributed by atoms with E-state index in [1.54, 1.807) is 0 Å². The number of rotatable bonds is 3. The predicted molar refractivity (Wildman–Crippen MR) is 72.7 cm³/mol. The highest BCUT2D eigenvalue weighted by Crippen LogP contribution is 2.50. The van der Waals surface area contributed by atoms with E-state index in [4.69, 9.17) is 5.73 Å². The molecule has 0 atom stereocenters. The van der Waals surface area contributed by atoms with Crippen molar-refractivity contribution in [3.63, 3.8) is 0 Å². The van der Waals surface area contributed by atoms with Crippen molar-refractivity contribution in [2.75, 3.05) is 12.0 Å². The van der Waals surface area contributed by atoms with Gasteiger partial charge in [-0.2, -0.15) is 0 Å². The van der Waals surface area contributed by atoms with Crippen molar-refractivity contribution in [1.82, 2.24) is 0 Å². The second-order valence-corrected chi connectivity index (χ2v) is 9.86. The SMILES string of the molecule is CC1(C)CC(C)(C)CC(N)(CCS(C)(=O)=O)C1. The van der Waals surface area contributed by atoms with Gasteiger partial charge < -0.3 is 5.73 Å². The lowest BCUT2D eigenvalue weighted by atomic mass is 9.58. The van der Waals surface area contributed by atoms with E-state index >= 15 is 0 Å². The van der Waals surface area contributed by atoms with E-state index < -0.39 is 9.84 Å². The smallest absolute Gasteiger partial charge is 0.147 e. The summed E-state index contributed by atoms with van der Waals surface area (Å²) in [5.74, 6) is 0.204. The van der Waals surface area contributed by atoms with Crippen LogP contribution in [0.15, 0.2) is 0 Å². The Labute approximate surface area is 106 Å². The Morgan fingerprint density at radius 1 is 1.00 bits per heavy atom. The molecule has 0 spiro atoms.